The number of rotatable bonds is 5. The van der Waals surface area contributed by atoms with Crippen molar-refractivity contribution in [3.8, 4) is 0 Å². The predicted octanol–water partition coefficient (Wildman–Crippen LogP) is -0.0949. The zero-order valence-electron chi connectivity index (χ0n) is 10.5. The van der Waals surface area contributed by atoms with E-state index in [9.17, 15) is 14.9 Å². The highest BCUT2D eigenvalue weighted by atomic mass is 16.6. The van der Waals surface area contributed by atoms with Crippen LogP contribution >= 0.6 is 0 Å². The Balaban J connectivity index is 2.83. The number of hydrogen-bond acceptors (Lipinski definition) is 5. The van der Waals surface area contributed by atoms with Crippen LogP contribution in [0.5, 0.6) is 0 Å². The molecule has 1 aromatic rings. The van der Waals surface area contributed by atoms with E-state index < -0.39 is 4.92 Å². The molecule has 0 bridgehead atoms. The molecule has 0 aromatic carbocycles. The summed E-state index contributed by atoms with van der Waals surface area (Å²) in [6.45, 7) is 4.45. The Hall–Kier alpha value is -1.96. The second kappa shape index (κ2) is 5.58. The van der Waals surface area contributed by atoms with Gasteiger partial charge in [-0.15, -0.1) is 0 Å². The fraction of sp³-hybridized carbons (Fsp3) is 0.600. The van der Waals surface area contributed by atoms with Crippen molar-refractivity contribution in [1.29, 1.82) is 0 Å². The van der Waals surface area contributed by atoms with Crippen molar-refractivity contribution in [1.82, 2.24) is 15.1 Å². The topological polar surface area (TPSA) is 110 Å². The summed E-state index contributed by atoms with van der Waals surface area (Å²) in [5.74, 6) is -0.350. The highest BCUT2D eigenvalue weighted by Crippen LogP contribution is 2.21. The van der Waals surface area contributed by atoms with Crippen LogP contribution in [0.15, 0.2) is 0 Å². The highest BCUT2D eigenvalue weighted by molar-refractivity contribution is 5.76. The van der Waals surface area contributed by atoms with Gasteiger partial charge in [-0.05, 0) is 20.8 Å². The Kier molecular flexibility index (Phi) is 4.38. The van der Waals surface area contributed by atoms with Gasteiger partial charge in [-0.1, -0.05) is 0 Å². The van der Waals surface area contributed by atoms with Gasteiger partial charge in [-0.3, -0.25) is 19.6 Å². The first-order chi connectivity index (χ1) is 8.36. The van der Waals surface area contributed by atoms with Crippen LogP contribution in [0.4, 0.5) is 5.69 Å². The Morgan fingerprint density at radius 1 is 1.61 bits per heavy atom. The fourth-order valence-electron chi connectivity index (χ4n) is 1.61. The van der Waals surface area contributed by atoms with Crippen LogP contribution in [0, 0.1) is 24.0 Å². The number of nitrogens with one attached hydrogen (secondary N) is 1. The molecule has 1 rings (SSSR count). The van der Waals surface area contributed by atoms with E-state index >= 15 is 0 Å². The molecule has 18 heavy (non-hydrogen) atoms. The Morgan fingerprint density at radius 3 is 2.67 bits per heavy atom. The molecule has 0 radical (unpaired) electrons. The summed E-state index contributed by atoms with van der Waals surface area (Å²) in [5.41, 5.74) is 0.544. The van der Waals surface area contributed by atoms with Gasteiger partial charge in [0.05, 0.1) is 11.5 Å². The van der Waals surface area contributed by atoms with E-state index in [-0.39, 0.29) is 36.5 Å². The van der Waals surface area contributed by atoms with Gasteiger partial charge >= 0.3 is 5.69 Å². The number of aryl methyl sites for hydroxylation is 1. The number of hydrogen-bond donors (Lipinski definition) is 2. The van der Waals surface area contributed by atoms with Crippen molar-refractivity contribution >= 4 is 11.6 Å². The molecule has 1 unspecified atom stereocenters. The molecular weight excluding hydrogens is 240 g/mol. The summed E-state index contributed by atoms with van der Waals surface area (Å²) in [5, 5.41) is 26.1. The summed E-state index contributed by atoms with van der Waals surface area (Å²) < 4.78 is 1.28. The SMILES string of the molecule is Cc1nn(CC(=O)NC(C)CO)c(C)c1[N+](=O)[O-]. The zero-order chi connectivity index (χ0) is 13.9. The number of carbonyl (C=O) groups excluding carboxylic acids is 1. The van der Waals surface area contributed by atoms with Crippen molar-refractivity contribution in [2.75, 3.05) is 6.61 Å². The molecule has 1 amide bonds. The quantitative estimate of drug-likeness (QED) is 0.564. The van der Waals surface area contributed by atoms with Crippen LogP contribution in [-0.2, 0) is 11.3 Å². The maximum Gasteiger partial charge on any atom is 0.312 e. The number of aliphatic hydroxyl groups is 1. The van der Waals surface area contributed by atoms with Gasteiger partial charge in [-0.25, -0.2) is 0 Å². The standard InChI is InChI=1S/C10H16N4O4/c1-6(5-15)11-9(16)4-13-8(3)10(14(17)18)7(2)12-13/h6,15H,4-5H2,1-3H3,(H,11,16). The van der Waals surface area contributed by atoms with Gasteiger partial charge in [0.1, 0.15) is 17.9 Å². The van der Waals surface area contributed by atoms with Gasteiger partial charge in [-0.2, -0.15) is 5.10 Å². The molecule has 1 aromatic heterocycles. The van der Waals surface area contributed by atoms with Crippen molar-refractivity contribution in [3.05, 3.63) is 21.5 Å². The fourth-order valence-corrected chi connectivity index (χ4v) is 1.61. The smallest absolute Gasteiger partial charge is 0.312 e. The minimum Gasteiger partial charge on any atom is -0.394 e. The first-order valence-electron chi connectivity index (χ1n) is 5.45. The largest absolute Gasteiger partial charge is 0.394 e. The van der Waals surface area contributed by atoms with E-state index in [1.165, 1.54) is 11.6 Å². The molecule has 8 heteroatoms. The monoisotopic (exact) mass is 256 g/mol. The number of nitro groups is 1. The van der Waals surface area contributed by atoms with Gasteiger partial charge in [0.25, 0.3) is 0 Å². The Morgan fingerprint density at radius 2 is 2.22 bits per heavy atom. The summed E-state index contributed by atoms with van der Waals surface area (Å²) in [7, 11) is 0. The molecule has 0 aliphatic heterocycles. The summed E-state index contributed by atoms with van der Waals surface area (Å²) in [6.07, 6.45) is 0. The van der Waals surface area contributed by atoms with Crippen LogP contribution in [0.3, 0.4) is 0 Å². The maximum absolute atomic E-state index is 11.6. The molecule has 1 atom stereocenters. The van der Waals surface area contributed by atoms with Crippen molar-refractivity contribution in [2.24, 2.45) is 0 Å². The van der Waals surface area contributed by atoms with Gasteiger partial charge in [0, 0.05) is 6.04 Å². The third kappa shape index (κ3) is 3.04. The minimum absolute atomic E-state index is 0.0713. The lowest BCUT2D eigenvalue weighted by Gasteiger charge is -2.10. The summed E-state index contributed by atoms with van der Waals surface area (Å²) in [4.78, 5) is 21.8. The molecule has 8 nitrogen and oxygen atoms in total. The Bertz CT molecular complexity index is 469. The number of nitrogens with zero attached hydrogens (tertiary/aromatic N) is 3. The third-order valence-corrected chi connectivity index (χ3v) is 2.50. The molecule has 100 valence electrons. The van der Waals surface area contributed by atoms with Crippen LogP contribution in [-0.4, -0.2) is 38.4 Å². The van der Waals surface area contributed by atoms with E-state index in [2.05, 4.69) is 10.4 Å². The summed E-state index contributed by atoms with van der Waals surface area (Å²) >= 11 is 0. The van der Waals surface area contributed by atoms with Crippen LogP contribution in [0.25, 0.3) is 0 Å². The predicted molar refractivity (Wildman–Crippen MR) is 63.0 cm³/mol. The molecule has 1 heterocycles. The van der Waals surface area contributed by atoms with Gasteiger partial charge in [0.2, 0.25) is 5.91 Å². The average molecular weight is 256 g/mol. The molecule has 0 spiro atoms. The lowest BCUT2D eigenvalue weighted by molar-refractivity contribution is -0.386. The molecular formula is C10H16N4O4. The second-order valence-corrected chi connectivity index (χ2v) is 4.09. The highest BCUT2D eigenvalue weighted by Gasteiger charge is 2.22. The van der Waals surface area contributed by atoms with Crippen LogP contribution < -0.4 is 5.32 Å². The number of aromatic nitrogens is 2. The van der Waals surface area contributed by atoms with Crippen molar-refractivity contribution < 1.29 is 14.8 Å². The first kappa shape index (κ1) is 14.1. The van der Waals surface area contributed by atoms with Crippen LogP contribution in [0.2, 0.25) is 0 Å². The van der Waals surface area contributed by atoms with Gasteiger partial charge < -0.3 is 10.4 Å². The average Bonchev–Trinajstić information content (AvgIpc) is 2.53. The molecule has 0 aliphatic rings. The minimum atomic E-state index is -0.511. The molecule has 0 saturated heterocycles. The van der Waals surface area contributed by atoms with E-state index in [0.29, 0.717) is 5.69 Å². The van der Waals surface area contributed by atoms with E-state index in [1.807, 2.05) is 0 Å². The Labute approximate surface area is 104 Å². The third-order valence-electron chi connectivity index (χ3n) is 2.50. The lowest BCUT2D eigenvalue weighted by atomic mass is 10.3. The van der Waals surface area contributed by atoms with E-state index in [1.54, 1.807) is 13.8 Å². The summed E-state index contributed by atoms with van der Waals surface area (Å²) in [6, 6.07) is -0.357. The van der Waals surface area contributed by atoms with E-state index in [4.69, 9.17) is 5.11 Å². The van der Waals surface area contributed by atoms with E-state index in [0.717, 1.165) is 0 Å². The number of amides is 1. The molecule has 2 N–H and O–H groups in total. The maximum atomic E-state index is 11.6. The molecule has 0 aliphatic carbocycles. The van der Waals surface area contributed by atoms with Crippen molar-refractivity contribution in [2.45, 2.75) is 33.4 Å². The van der Waals surface area contributed by atoms with Gasteiger partial charge in [0.15, 0.2) is 0 Å². The first-order valence-corrected chi connectivity index (χ1v) is 5.45. The normalized spacial score (nSPS) is 12.2. The molecule has 0 saturated carbocycles. The lowest BCUT2D eigenvalue weighted by Crippen LogP contribution is -2.37. The molecule has 0 fully saturated rings. The van der Waals surface area contributed by atoms with Crippen molar-refractivity contribution in [3.63, 3.8) is 0 Å². The number of aliphatic hydroxyl groups excluding tert-OH is 1. The van der Waals surface area contributed by atoms with Crippen LogP contribution in [0.1, 0.15) is 18.3 Å². The second-order valence-electron chi connectivity index (χ2n) is 4.09. The zero-order valence-corrected chi connectivity index (χ0v) is 10.5. The number of carbonyl (C=O) groups is 1.